The molecule has 0 radical (unpaired) electrons. The molecule has 2 atom stereocenters. The standard InChI is InChI=1S/C22H27FN2/c23-14-15-2-1-3-18(12-15)16-4-6-17(7-5-16)21-13-22(21)25-20-10-8-19(24)9-11-20/h1-7,12,19-22,25H,8-11,13-14,24H2/t19-,20+,21-,22+/m0/s1. The summed E-state index contributed by atoms with van der Waals surface area (Å²) in [5.74, 6) is 0.641. The number of benzene rings is 2. The molecule has 0 spiro atoms. The summed E-state index contributed by atoms with van der Waals surface area (Å²) in [6, 6.07) is 18.2. The Bertz CT molecular complexity index is 704. The molecule has 2 aliphatic carbocycles. The van der Waals surface area contributed by atoms with Crippen molar-refractivity contribution in [2.45, 2.75) is 62.8 Å². The molecule has 0 amide bonds. The largest absolute Gasteiger partial charge is 0.328 e. The van der Waals surface area contributed by atoms with Gasteiger partial charge in [-0.1, -0.05) is 42.5 Å². The third-order valence-corrected chi connectivity index (χ3v) is 5.77. The van der Waals surface area contributed by atoms with Gasteiger partial charge in [0, 0.05) is 24.0 Å². The van der Waals surface area contributed by atoms with Crippen LogP contribution in [0.1, 0.15) is 49.1 Å². The number of hydrogen-bond acceptors (Lipinski definition) is 2. The molecule has 0 unspecified atom stereocenters. The fourth-order valence-corrected chi connectivity index (χ4v) is 4.09. The van der Waals surface area contributed by atoms with Gasteiger partial charge in [0.2, 0.25) is 0 Å². The molecular weight excluding hydrogens is 311 g/mol. The van der Waals surface area contributed by atoms with Crippen molar-refractivity contribution in [3.05, 3.63) is 59.7 Å². The summed E-state index contributed by atoms with van der Waals surface area (Å²) in [7, 11) is 0. The number of nitrogens with two attached hydrogens (primary N) is 1. The van der Waals surface area contributed by atoms with E-state index in [1.807, 2.05) is 24.3 Å². The number of alkyl halides is 1. The van der Waals surface area contributed by atoms with Crippen LogP contribution >= 0.6 is 0 Å². The third kappa shape index (κ3) is 3.94. The molecule has 0 aliphatic heterocycles. The van der Waals surface area contributed by atoms with Gasteiger partial charge in [-0.05, 0) is 60.4 Å². The minimum absolute atomic E-state index is 0.409. The normalized spacial score (nSPS) is 28.7. The van der Waals surface area contributed by atoms with Gasteiger partial charge in [-0.15, -0.1) is 0 Å². The van der Waals surface area contributed by atoms with Gasteiger partial charge in [0.15, 0.2) is 0 Å². The van der Waals surface area contributed by atoms with Crippen LogP contribution in [0.15, 0.2) is 48.5 Å². The lowest BCUT2D eigenvalue weighted by atomic mass is 9.92. The molecule has 2 aromatic carbocycles. The maximum Gasteiger partial charge on any atom is 0.115 e. The topological polar surface area (TPSA) is 38.0 Å². The molecule has 25 heavy (non-hydrogen) atoms. The average molecular weight is 338 g/mol. The van der Waals surface area contributed by atoms with Crippen molar-refractivity contribution in [3.8, 4) is 11.1 Å². The maximum atomic E-state index is 12.8. The molecule has 2 saturated carbocycles. The molecule has 0 heterocycles. The van der Waals surface area contributed by atoms with Crippen LogP contribution in [0.25, 0.3) is 11.1 Å². The summed E-state index contributed by atoms with van der Waals surface area (Å²) >= 11 is 0. The van der Waals surface area contributed by atoms with E-state index in [9.17, 15) is 4.39 Å². The molecular formula is C22H27FN2. The first kappa shape index (κ1) is 16.7. The van der Waals surface area contributed by atoms with Crippen molar-refractivity contribution in [2.75, 3.05) is 0 Å². The van der Waals surface area contributed by atoms with Crippen molar-refractivity contribution < 1.29 is 4.39 Å². The van der Waals surface area contributed by atoms with Gasteiger partial charge < -0.3 is 11.1 Å². The number of rotatable bonds is 5. The van der Waals surface area contributed by atoms with Crippen molar-refractivity contribution in [3.63, 3.8) is 0 Å². The fourth-order valence-electron chi connectivity index (χ4n) is 4.09. The zero-order valence-corrected chi connectivity index (χ0v) is 14.6. The Labute approximate surface area is 149 Å². The summed E-state index contributed by atoms with van der Waals surface area (Å²) in [6.45, 7) is -0.409. The van der Waals surface area contributed by atoms with Gasteiger partial charge in [-0.2, -0.15) is 0 Å². The van der Waals surface area contributed by atoms with E-state index in [2.05, 4.69) is 29.6 Å². The molecule has 2 aromatic rings. The van der Waals surface area contributed by atoms with Crippen LogP contribution in [0.3, 0.4) is 0 Å². The quantitative estimate of drug-likeness (QED) is 0.840. The summed E-state index contributed by atoms with van der Waals surface area (Å²) in [4.78, 5) is 0. The lowest BCUT2D eigenvalue weighted by Gasteiger charge is -2.27. The van der Waals surface area contributed by atoms with E-state index in [0.29, 0.717) is 24.0 Å². The summed E-state index contributed by atoms with van der Waals surface area (Å²) in [5.41, 5.74) is 10.4. The van der Waals surface area contributed by atoms with E-state index in [1.165, 1.54) is 24.8 Å². The van der Waals surface area contributed by atoms with Crippen LogP contribution in [-0.2, 0) is 6.67 Å². The van der Waals surface area contributed by atoms with Crippen molar-refractivity contribution in [2.24, 2.45) is 5.73 Å². The lowest BCUT2D eigenvalue weighted by Crippen LogP contribution is -2.38. The van der Waals surface area contributed by atoms with Crippen molar-refractivity contribution >= 4 is 0 Å². The Morgan fingerprint density at radius 1 is 0.960 bits per heavy atom. The fraction of sp³-hybridized carbons (Fsp3) is 0.455. The van der Waals surface area contributed by atoms with E-state index < -0.39 is 6.67 Å². The number of nitrogens with one attached hydrogen (secondary N) is 1. The SMILES string of the molecule is N[C@H]1CC[C@@H](N[C@@H]2C[C@H]2c2ccc(-c3cccc(CF)c3)cc2)CC1. The smallest absolute Gasteiger partial charge is 0.115 e. The molecule has 132 valence electrons. The van der Waals surface area contributed by atoms with Gasteiger partial charge >= 0.3 is 0 Å². The number of halogens is 1. The second-order valence-electron chi connectivity index (χ2n) is 7.68. The Morgan fingerprint density at radius 3 is 2.44 bits per heavy atom. The van der Waals surface area contributed by atoms with Crippen molar-refractivity contribution in [1.82, 2.24) is 5.32 Å². The van der Waals surface area contributed by atoms with Crippen LogP contribution in [0.5, 0.6) is 0 Å². The van der Waals surface area contributed by atoms with Gasteiger partial charge in [0.05, 0.1) is 0 Å². The molecule has 3 N–H and O–H groups in total. The Hall–Kier alpha value is -1.71. The highest BCUT2D eigenvalue weighted by Crippen LogP contribution is 2.42. The molecule has 2 fully saturated rings. The monoisotopic (exact) mass is 338 g/mol. The highest BCUT2D eigenvalue weighted by Gasteiger charge is 2.39. The van der Waals surface area contributed by atoms with Crippen LogP contribution < -0.4 is 11.1 Å². The van der Waals surface area contributed by atoms with E-state index >= 15 is 0 Å². The molecule has 2 aliphatic rings. The Morgan fingerprint density at radius 2 is 1.72 bits per heavy atom. The van der Waals surface area contributed by atoms with E-state index in [0.717, 1.165) is 29.5 Å². The number of hydrogen-bond donors (Lipinski definition) is 2. The van der Waals surface area contributed by atoms with E-state index in [1.54, 1.807) is 0 Å². The summed E-state index contributed by atoms with van der Waals surface area (Å²) in [5, 5.41) is 3.83. The zero-order chi connectivity index (χ0) is 17.2. The van der Waals surface area contributed by atoms with Gasteiger partial charge in [-0.3, -0.25) is 0 Å². The molecule has 0 aromatic heterocycles. The first-order chi connectivity index (χ1) is 12.2. The predicted octanol–water partition coefficient (Wildman–Crippen LogP) is 4.54. The predicted molar refractivity (Wildman–Crippen MR) is 101 cm³/mol. The lowest BCUT2D eigenvalue weighted by molar-refractivity contribution is 0.339. The molecule has 4 rings (SSSR count). The second-order valence-corrected chi connectivity index (χ2v) is 7.68. The Kier molecular flexibility index (Phi) is 4.87. The Balaban J connectivity index is 1.36. The molecule has 0 saturated heterocycles. The first-order valence-electron chi connectivity index (χ1n) is 9.50. The second kappa shape index (κ2) is 7.27. The van der Waals surface area contributed by atoms with Crippen LogP contribution in [0.4, 0.5) is 4.39 Å². The summed E-state index contributed by atoms with van der Waals surface area (Å²) < 4.78 is 12.8. The molecule has 3 heteroatoms. The van der Waals surface area contributed by atoms with Gasteiger partial charge in [-0.25, -0.2) is 4.39 Å². The molecule has 2 nitrogen and oxygen atoms in total. The van der Waals surface area contributed by atoms with Gasteiger partial charge in [0.25, 0.3) is 0 Å². The highest BCUT2D eigenvalue weighted by atomic mass is 19.1. The summed E-state index contributed by atoms with van der Waals surface area (Å²) in [6.07, 6.45) is 5.98. The van der Waals surface area contributed by atoms with Gasteiger partial charge in [0.1, 0.15) is 6.67 Å². The average Bonchev–Trinajstić information content (AvgIpc) is 3.43. The van der Waals surface area contributed by atoms with E-state index in [-0.39, 0.29) is 0 Å². The van der Waals surface area contributed by atoms with Crippen molar-refractivity contribution in [1.29, 1.82) is 0 Å². The third-order valence-electron chi connectivity index (χ3n) is 5.77. The first-order valence-corrected chi connectivity index (χ1v) is 9.50. The van der Waals surface area contributed by atoms with Crippen LogP contribution in [0.2, 0.25) is 0 Å². The minimum atomic E-state index is -0.409. The highest BCUT2D eigenvalue weighted by molar-refractivity contribution is 5.64. The molecule has 0 bridgehead atoms. The van der Waals surface area contributed by atoms with Crippen LogP contribution in [-0.4, -0.2) is 18.1 Å². The zero-order valence-electron chi connectivity index (χ0n) is 14.6. The maximum absolute atomic E-state index is 12.8. The minimum Gasteiger partial charge on any atom is -0.328 e. The van der Waals surface area contributed by atoms with Crippen LogP contribution in [0, 0.1) is 0 Å². The van der Waals surface area contributed by atoms with E-state index in [4.69, 9.17) is 5.73 Å².